The van der Waals surface area contributed by atoms with Gasteiger partial charge in [0.25, 0.3) is 0 Å². The maximum atomic E-state index is 13.1. The number of aryl methyl sites for hydroxylation is 3. The van der Waals surface area contributed by atoms with Crippen molar-refractivity contribution in [3.05, 3.63) is 51.2 Å². The Labute approximate surface area is 211 Å². The Morgan fingerprint density at radius 3 is 2.31 bits per heavy atom. The molecule has 2 atom stereocenters. The van der Waals surface area contributed by atoms with E-state index < -0.39 is 29.7 Å². The molecule has 0 saturated heterocycles. The van der Waals surface area contributed by atoms with Crippen LogP contribution in [0.1, 0.15) is 56.4 Å². The Hall–Kier alpha value is -3.07. The molecule has 0 radical (unpaired) electrons. The van der Waals surface area contributed by atoms with Gasteiger partial charge in [-0.25, -0.2) is 4.79 Å². The molecule has 0 fully saturated rings. The van der Waals surface area contributed by atoms with Gasteiger partial charge in [0.2, 0.25) is 11.8 Å². The van der Waals surface area contributed by atoms with Crippen LogP contribution < -0.4 is 16.0 Å². The first kappa shape index (κ1) is 28.2. The maximum Gasteiger partial charge on any atom is 0.408 e. The lowest BCUT2D eigenvalue weighted by atomic mass is 9.95. The number of carbonyl (C=O) groups excluding carboxylic acids is 3. The monoisotopic (exact) mass is 503 g/mol. The predicted molar refractivity (Wildman–Crippen MR) is 138 cm³/mol. The lowest BCUT2D eigenvalue weighted by Crippen LogP contribution is -2.54. The molecule has 192 valence electrons. The maximum absolute atomic E-state index is 13.1. The van der Waals surface area contributed by atoms with E-state index in [0.29, 0.717) is 6.54 Å². The summed E-state index contributed by atoms with van der Waals surface area (Å²) in [6.45, 7) is 11.0. The number of benzene rings is 1. The number of alkyl carbamates (subject to hydrolysis) is 1. The van der Waals surface area contributed by atoms with Crippen molar-refractivity contribution in [3.8, 4) is 5.75 Å². The predicted octanol–water partition coefficient (Wildman–Crippen LogP) is 3.76. The summed E-state index contributed by atoms with van der Waals surface area (Å²) in [7, 11) is 0. The van der Waals surface area contributed by atoms with Crippen LogP contribution in [0.4, 0.5) is 4.79 Å². The number of nitrogens with one attached hydrogen (secondary N) is 3. The fourth-order valence-electron chi connectivity index (χ4n) is 3.63. The highest BCUT2D eigenvalue weighted by atomic mass is 32.1. The summed E-state index contributed by atoms with van der Waals surface area (Å²) in [6, 6.07) is 3.52. The van der Waals surface area contributed by atoms with Crippen molar-refractivity contribution < 1.29 is 24.2 Å². The van der Waals surface area contributed by atoms with Gasteiger partial charge in [-0.15, -0.1) is 0 Å². The topological polar surface area (TPSA) is 117 Å². The van der Waals surface area contributed by atoms with Gasteiger partial charge >= 0.3 is 6.09 Å². The second-order valence-electron chi connectivity index (χ2n) is 9.72. The van der Waals surface area contributed by atoms with Gasteiger partial charge in [0.1, 0.15) is 23.4 Å². The first-order valence-electron chi connectivity index (χ1n) is 11.7. The molecular weight excluding hydrogens is 466 g/mol. The molecule has 0 aliphatic carbocycles. The van der Waals surface area contributed by atoms with Gasteiger partial charge in [0.15, 0.2) is 0 Å². The van der Waals surface area contributed by atoms with Crippen LogP contribution in [0.25, 0.3) is 0 Å². The average Bonchev–Trinajstić information content (AvgIpc) is 3.24. The van der Waals surface area contributed by atoms with E-state index in [4.69, 9.17) is 4.74 Å². The van der Waals surface area contributed by atoms with Crippen molar-refractivity contribution in [1.82, 2.24) is 16.0 Å². The van der Waals surface area contributed by atoms with Gasteiger partial charge in [-0.2, -0.15) is 11.3 Å². The highest BCUT2D eigenvalue weighted by Crippen LogP contribution is 2.22. The summed E-state index contributed by atoms with van der Waals surface area (Å²) in [6.07, 6.45) is 1.12. The normalized spacial score (nSPS) is 13.0. The van der Waals surface area contributed by atoms with Crippen LogP contribution in [0.15, 0.2) is 29.0 Å². The van der Waals surface area contributed by atoms with Crippen LogP contribution >= 0.6 is 11.3 Å². The van der Waals surface area contributed by atoms with E-state index in [2.05, 4.69) is 27.4 Å². The van der Waals surface area contributed by atoms with Gasteiger partial charge in [-0.3, -0.25) is 9.59 Å². The van der Waals surface area contributed by atoms with E-state index in [0.717, 1.165) is 29.5 Å². The van der Waals surface area contributed by atoms with Crippen molar-refractivity contribution in [2.75, 3.05) is 6.54 Å². The van der Waals surface area contributed by atoms with E-state index in [1.54, 1.807) is 51.2 Å². The standard InChI is InChI=1S/C26H37N3O5S/c1-16-12-20(30)13-17(2)21(16)14-22(29-25(33)34-26(4,5)6)24(32)28-18(3)23(31)27-10-7-8-19-9-11-35-15-19/h9,11-13,15,18,22,30H,7-8,10,14H2,1-6H3,(H,27,31)(H,28,32)(H,29,33)/t18-,22+/m1/s1. The summed E-state index contributed by atoms with van der Waals surface area (Å²) in [4.78, 5) is 38.1. The number of hydrogen-bond acceptors (Lipinski definition) is 6. The highest BCUT2D eigenvalue weighted by Gasteiger charge is 2.28. The van der Waals surface area contributed by atoms with Gasteiger partial charge < -0.3 is 25.8 Å². The molecule has 9 heteroatoms. The minimum Gasteiger partial charge on any atom is -0.508 e. The molecular formula is C26H37N3O5S. The molecule has 8 nitrogen and oxygen atoms in total. The number of carbonyl (C=O) groups is 3. The number of hydrogen-bond donors (Lipinski definition) is 4. The zero-order valence-electron chi connectivity index (χ0n) is 21.4. The Morgan fingerprint density at radius 1 is 1.09 bits per heavy atom. The Morgan fingerprint density at radius 2 is 1.74 bits per heavy atom. The zero-order valence-corrected chi connectivity index (χ0v) is 22.2. The molecule has 0 bridgehead atoms. The lowest BCUT2D eigenvalue weighted by Gasteiger charge is -2.25. The zero-order chi connectivity index (χ0) is 26.2. The summed E-state index contributed by atoms with van der Waals surface area (Å²) in [5.74, 6) is -0.658. The molecule has 35 heavy (non-hydrogen) atoms. The number of ether oxygens (including phenoxy) is 1. The molecule has 0 aliphatic heterocycles. The minimum atomic E-state index is -0.972. The van der Waals surface area contributed by atoms with Crippen LogP contribution in [0.2, 0.25) is 0 Å². The largest absolute Gasteiger partial charge is 0.508 e. The smallest absolute Gasteiger partial charge is 0.408 e. The molecule has 0 aliphatic rings. The molecule has 2 rings (SSSR count). The molecule has 4 N–H and O–H groups in total. The van der Waals surface area contributed by atoms with E-state index in [-0.39, 0.29) is 18.1 Å². The van der Waals surface area contributed by atoms with Crippen molar-refractivity contribution in [2.24, 2.45) is 0 Å². The number of rotatable bonds is 10. The number of aromatic hydroxyl groups is 1. The molecule has 3 amide bonds. The van der Waals surface area contributed by atoms with Crippen LogP contribution in [-0.2, 0) is 27.2 Å². The molecule has 0 saturated carbocycles. The fourth-order valence-corrected chi connectivity index (χ4v) is 4.33. The lowest BCUT2D eigenvalue weighted by molar-refractivity contribution is -0.129. The van der Waals surface area contributed by atoms with Crippen LogP contribution in [0, 0.1) is 13.8 Å². The van der Waals surface area contributed by atoms with E-state index >= 15 is 0 Å². The van der Waals surface area contributed by atoms with Crippen LogP contribution in [0.5, 0.6) is 5.75 Å². The number of amides is 3. The summed E-state index contributed by atoms with van der Waals surface area (Å²) < 4.78 is 5.34. The molecule has 2 aromatic rings. The second kappa shape index (κ2) is 12.6. The first-order chi connectivity index (χ1) is 16.4. The van der Waals surface area contributed by atoms with E-state index in [9.17, 15) is 19.5 Å². The summed E-state index contributed by atoms with van der Waals surface area (Å²) >= 11 is 1.64. The Bertz CT molecular complexity index is 991. The van der Waals surface area contributed by atoms with Gasteiger partial charge in [-0.05, 0) is 106 Å². The molecule has 1 aromatic carbocycles. The SMILES string of the molecule is Cc1cc(O)cc(C)c1C[C@H](NC(=O)OC(C)(C)C)C(=O)N[C@H](C)C(=O)NCCCc1ccsc1. The van der Waals surface area contributed by atoms with E-state index in [1.807, 2.05) is 19.2 Å². The van der Waals surface area contributed by atoms with Crippen LogP contribution in [-0.4, -0.2) is 47.2 Å². The Kier molecular flexibility index (Phi) is 10.1. The van der Waals surface area contributed by atoms with Crippen molar-refractivity contribution in [2.45, 2.75) is 78.5 Å². The fraction of sp³-hybridized carbons (Fsp3) is 0.500. The number of thiophene rings is 1. The molecule has 0 spiro atoms. The third-order valence-electron chi connectivity index (χ3n) is 5.37. The Balaban J connectivity index is 2.03. The van der Waals surface area contributed by atoms with Gasteiger partial charge in [-0.1, -0.05) is 0 Å². The van der Waals surface area contributed by atoms with E-state index in [1.165, 1.54) is 5.56 Å². The third kappa shape index (κ3) is 9.60. The number of phenols is 1. The van der Waals surface area contributed by atoms with Crippen molar-refractivity contribution in [1.29, 1.82) is 0 Å². The van der Waals surface area contributed by atoms with Crippen molar-refractivity contribution in [3.63, 3.8) is 0 Å². The summed E-state index contributed by atoms with van der Waals surface area (Å²) in [5, 5.41) is 22.1. The third-order valence-corrected chi connectivity index (χ3v) is 6.10. The minimum absolute atomic E-state index is 0.133. The highest BCUT2D eigenvalue weighted by molar-refractivity contribution is 7.07. The van der Waals surface area contributed by atoms with Gasteiger partial charge in [0, 0.05) is 13.0 Å². The molecule has 1 aromatic heterocycles. The van der Waals surface area contributed by atoms with Gasteiger partial charge in [0.05, 0.1) is 0 Å². The quantitative estimate of drug-likeness (QED) is 0.369. The molecule has 1 heterocycles. The summed E-state index contributed by atoms with van der Waals surface area (Å²) in [5.41, 5.74) is 2.92. The molecule has 0 unspecified atom stereocenters. The number of phenolic OH excluding ortho intramolecular Hbond substituents is 1. The second-order valence-corrected chi connectivity index (χ2v) is 10.5. The average molecular weight is 504 g/mol. The van der Waals surface area contributed by atoms with Crippen molar-refractivity contribution >= 4 is 29.2 Å². The first-order valence-corrected chi connectivity index (χ1v) is 12.7. The van der Waals surface area contributed by atoms with Crippen LogP contribution in [0.3, 0.4) is 0 Å².